The van der Waals surface area contributed by atoms with E-state index in [9.17, 15) is 4.79 Å². The molecule has 2 amide bonds. The molecule has 0 aromatic rings. The Balaban J connectivity index is 1.32. The maximum Gasteiger partial charge on any atom is 0.315 e. The van der Waals surface area contributed by atoms with Gasteiger partial charge in [0, 0.05) is 25.2 Å². The molecule has 0 spiro atoms. The molecule has 1 atom stereocenters. The topological polar surface area (TPSA) is 44.4 Å². The predicted octanol–water partition coefficient (Wildman–Crippen LogP) is 1.71. The van der Waals surface area contributed by atoms with Gasteiger partial charge in [0.05, 0.1) is 0 Å². The molecular formula is C14H25N3O. The highest BCUT2D eigenvalue weighted by molar-refractivity contribution is 5.74. The number of likely N-dealkylation sites (tertiary alicyclic amines) is 1. The summed E-state index contributed by atoms with van der Waals surface area (Å²) < 4.78 is 0. The van der Waals surface area contributed by atoms with E-state index in [2.05, 4.69) is 15.5 Å². The molecule has 1 saturated heterocycles. The van der Waals surface area contributed by atoms with E-state index in [1.807, 2.05) is 0 Å². The highest BCUT2D eigenvalue weighted by Crippen LogP contribution is 2.31. The lowest BCUT2D eigenvalue weighted by atomic mass is 10.1. The lowest BCUT2D eigenvalue weighted by molar-refractivity contribution is 0.234. The average Bonchev–Trinajstić information content (AvgIpc) is 2.90. The molecule has 3 rings (SSSR count). The van der Waals surface area contributed by atoms with Crippen LogP contribution in [0.1, 0.15) is 44.9 Å². The summed E-state index contributed by atoms with van der Waals surface area (Å²) in [4.78, 5) is 14.3. The first-order valence-corrected chi connectivity index (χ1v) is 7.59. The second-order valence-corrected chi connectivity index (χ2v) is 6.22. The van der Waals surface area contributed by atoms with Crippen LogP contribution >= 0.6 is 0 Å². The minimum absolute atomic E-state index is 0.0479. The monoisotopic (exact) mass is 251 g/mol. The van der Waals surface area contributed by atoms with E-state index in [1.165, 1.54) is 45.2 Å². The first-order chi connectivity index (χ1) is 8.81. The molecule has 18 heavy (non-hydrogen) atoms. The van der Waals surface area contributed by atoms with Gasteiger partial charge < -0.3 is 15.5 Å². The standard InChI is InChI=1S/C14H25N3O/c18-14(16-12-3-1-2-4-12)15-9-11-7-8-17(10-11)13-5-6-13/h11-13H,1-10H2,(H2,15,16,18)/t11-/m1/s1. The number of nitrogens with one attached hydrogen (secondary N) is 2. The third kappa shape index (κ3) is 3.16. The van der Waals surface area contributed by atoms with Crippen LogP contribution in [-0.2, 0) is 0 Å². The van der Waals surface area contributed by atoms with Crippen LogP contribution in [0.15, 0.2) is 0 Å². The van der Waals surface area contributed by atoms with E-state index in [1.54, 1.807) is 0 Å². The third-order valence-electron chi connectivity index (χ3n) is 4.62. The van der Waals surface area contributed by atoms with Crippen molar-refractivity contribution in [2.45, 2.75) is 57.0 Å². The third-order valence-corrected chi connectivity index (χ3v) is 4.62. The fourth-order valence-electron chi connectivity index (χ4n) is 3.34. The van der Waals surface area contributed by atoms with Crippen molar-refractivity contribution in [1.29, 1.82) is 0 Å². The van der Waals surface area contributed by atoms with Crippen molar-refractivity contribution in [2.24, 2.45) is 5.92 Å². The van der Waals surface area contributed by atoms with Gasteiger partial charge >= 0.3 is 6.03 Å². The molecule has 0 bridgehead atoms. The Morgan fingerprint density at radius 2 is 1.89 bits per heavy atom. The Labute approximate surface area is 109 Å². The van der Waals surface area contributed by atoms with Crippen LogP contribution in [0, 0.1) is 5.92 Å². The molecule has 0 unspecified atom stereocenters. The van der Waals surface area contributed by atoms with Crippen LogP contribution in [0.4, 0.5) is 4.79 Å². The smallest absolute Gasteiger partial charge is 0.315 e. The summed E-state index contributed by atoms with van der Waals surface area (Å²) >= 11 is 0. The summed E-state index contributed by atoms with van der Waals surface area (Å²) in [5, 5.41) is 6.14. The summed E-state index contributed by atoms with van der Waals surface area (Å²) in [6, 6.07) is 1.35. The largest absolute Gasteiger partial charge is 0.338 e. The Bertz CT molecular complexity index is 297. The van der Waals surface area contributed by atoms with Gasteiger partial charge in [-0.3, -0.25) is 0 Å². The summed E-state index contributed by atoms with van der Waals surface area (Å²) in [6.07, 6.45) is 8.89. The van der Waals surface area contributed by atoms with Crippen molar-refractivity contribution in [3.63, 3.8) is 0 Å². The van der Waals surface area contributed by atoms with Gasteiger partial charge in [-0.15, -0.1) is 0 Å². The van der Waals surface area contributed by atoms with Crippen molar-refractivity contribution in [2.75, 3.05) is 19.6 Å². The van der Waals surface area contributed by atoms with Crippen LogP contribution in [0.25, 0.3) is 0 Å². The lowest BCUT2D eigenvalue weighted by Crippen LogP contribution is -2.43. The van der Waals surface area contributed by atoms with Gasteiger partial charge in [0.15, 0.2) is 0 Å². The Hall–Kier alpha value is -0.770. The van der Waals surface area contributed by atoms with Crippen molar-refractivity contribution in [3.8, 4) is 0 Å². The molecule has 0 radical (unpaired) electrons. The van der Waals surface area contributed by atoms with Crippen molar-refractivity contribution in [3.05, 3.63) is 0 Å². The minimum Gasteiger partial charge on any atom is -0.338 e. The van der Waals surface area contributed by atoms with Crippen molar-refractivity contribution < 1.29 is 4.79 Å². The van der Waals surface area contributed by atoms with Gasteiger partial charge in [-0.2, -0.15) is 0 Å². The number of carbonyl (C=O) groups is 1. The molecule has 3 fully saturated rings. The second-order valence-electron chi connectivity index (χ2n) is 6.22. The molecule has 102 valence electrons. The molecule has 2 N–H and O–H groups in total. The molecule has 0 aromatic carbocycles. The number of nitrogens with zero attached hydrogens (tertiary/aromatic N) is 1. The summed E-state index contributed by atoms with van der Waals surface area (Å²) in [6.45, 7) is 3.28. The highest BCUT2D eigenvalue weighted by Gasteiger charge is 2.34. The molecule has 2 saturated carbocycles. The van der Waals surface area contributed by atoms with Crippen LogP contribution in [-0.4, -0.2) is 42.6 Å². The Morgan fingerprint density at radius 3 is 2.61 bits per heavy atom. The molecule has 1 aliphatic heterocycles. The number of amides is 2. The van der Waals surface area contributed by atoms with E-state index in [0.717, 1.165) is 25.4 Å². The van der Waals surface area contributed by atoms with Gasteiger partial charge in [-0.1, -0.05) is 12.8 Å². The minimum atomic E-state index is 0.0479. The number of urea groups is 1. The molecule has 0 aromatic heterocycles. The zero-order valence-corrected chi connectivity index (χ0v) is 11.2. The number of rotatable bonds is 4. The normalized spacial score (nSPS) is 29.7. The fourth-order valence-corrected chi connectivity index (χ4v) is 3.34. The van der Waals surface area contributed by atoms with Gasteiger partial charge in [-0.25, -0.2) is 4.79 Å². The first kappa shape index (κ1) is 12.3. The van der Waals surface area contributed by atoms with Gasteiger partial charge in [0.1, 0.15) is 0 Å². The van der Waals surface area contributed by atoms with Gasteiger partial charge in [-0.05, 0) is 44.6 Å². The van der Waals surface area contributed by atoms with E-state index < -0.39 is 0 Å². The zero-order chi connectivity index (χ0) is 12.4. The summed E-state index contributed by atoms with van der Waals surface area (Å²) in [5.41, 5.74) is 0. The van der Waals surface area contributed by atoms with Crippen molar-refractivity contribution >= 4 is 6.03 Å². The Morgan fingerprint density at radius 1 is 1.11 bits per heavy atom. The lowest BCUT2D eigenvalue weighted by Gasteiger charge is -2.16. The van der Waals surface area contributed by atoms with E-state index in [0.29, 0.717) is 12.0 Å². The second kappa shape index (κ2) is 5.47. The molecule has 3 aliphatic rings. The molecule has 2 aliphatic carbocycles. The number of hydrogen-bond acceptors (Lipinski definition) is 2. The van der Waals surface area contributed by atoms with E-state index >= 15 is 0 Å². The predicted molar refractivity (Wildman–Crippen MR) is 71.5 cm³/mol. The molecule has 4 heteroatoms. The molecule has 1 heterocycles. The maximum atomic E-state index is 11.7. The van der Waals surface area contributed by atoms with Crippen LogP contribution < -0.4 is 10.6 Å². The van der Waals surface area contributed by atoms with E-state index in [-0.39, 0.29) is 6.03 Å². The Kier molecular flexibility index (Phi) is 3.73. The quantitative estimate of drug-likeness (QED) is 0.799. The van der Waals surface area contributed by atoms with E-state index in [4.69, 9.17) is 0 Å². The fraction of sp³-hybridized carbons (Fsp3) is 0.929. The highest BCUT2D eigenvalue weighted by atomic mass is 16.2. The first-order valence-electron chi connectivity index (χ1n) is 7.59. The average molecular weight is 251 g/mol. The number of hydrogen-bond donors (Lipinski definition) is 2. The van der Waals surface area contributed by atoms with Gasteiger partial charge in [0.25, 0.3) is 0 Å². The summed E-state index contributed by atoms with van der Waals surface area (Å²) in [5.74, 6) is 0.667. The van der Waals surface area contributed by atoms with Crippen molar-refractivity contribution in [1.82, 2.24) is 15.5 Å². The summed E-state index contributed by atoms with van der Waals surface area (Å²) in [7, 11) is 0. The number of carbonyl (C=O) groups excluding carboxylic acids is 1. The van der Waals surface area contributed by atoms with Gasteiger partial charge in [0.2, 0.25) is 0 Å². The SMILES string of the molecule is O=C(NC[C@H]1CCN(C2CC2)C1)NC1CCCC1. The zero-order valence-electron chi connectivity index (χ0n) is 11.2. The maximum absolute atomic E-state index is 11.7. The molecule has 4 nitrogen and oxygen atoms in total. The van der Waals surface area contributed by atoms with Crippen LogP contribution in [0.3, 0.4) is 0 Å². The van der Waals surface area contributed by atoms with Crippen LogP contribution in [0.5, 0.6) is 0 Å². The van der Waals surface area contributed by atoms with Crippen LogP contribution in [0.2, 0.25) is 0 Å². The molecular weight excluding hydrogens is 226 g/mol.